The number of para-hydroxylation sites is 1. The van der Waals surface area contributed by atoms with Gasteiger partial charge in [0.25, 0.3) is 5.91 Å². The van der Waals surface area contributed by atoms with Gasteiger partial charge in [-0.2, -0.15) is 0 Å². The van der Waals surface area contributed by atoms with Crippen molar-refractivity contribution in [3.8, 4) is 0 Å². The number of fused-ring (bicyclic) bond motifs is 2. The molecule has 7 heteroatoms. The number of thiazole rings is 1. The highest BCUT2D eigenvalue weighted by Gasteiger charge is 2.46. The molecule has 0 bridgehead atoms. The van der Waals surface area contributed by atoms with E-state index in [1.807, 2.05) is 74.5 Å². The molecule has 5 aromatic rings. The summed E-state index contributed by atoms with van der Waals surface area (Å²) in [4.78, 5) is 33.3. The summed E-state index contributed by atoms with van der Waals surface area (Å²) < 4.78 is 6.73. The lowest BCUT2D eigenvalue weighted by atomic mass is 9.95. The number of amides is 1. The van der Waals surface area contributed by atoms with Gasteiger partial charge in [0.05, 0.1) is 21.8 Å². The van der Waals surface area contributed by atoms with Crippen molar-refractivity contribution in [1.29, 1.82) is 0 Å². The summed E-state index contributed by atoms with van der Waals surface area (Å²) >= 11 is 1.36. The molecule has 1 aliphatic rings. The summed E-state index contributed by atoms with van der Waals surface area (Å²) in [6, 6.07) is 21.3. The second kappa shape index (κ2) is 7.92. The smallest absolute Gasteiger partial charge is 0.296 e. The number of carbonyl (C=O) groups excluding carboxylic acids is 2. The molecule has 0 saturated heterocycles. The molecule has 0 saturated carbocycles. The van der Waals surface area contributed by atoms with Crippen LogP contribution in [0, 0.1) is 13.8 Å². The topological polar surface area (TPSA) is 83.6 Å². The largest absolute Gasteiger partial charge is 0.503 e. The van der Waals surface area contributed by atoms with Crippen molar-refractivity contribution in [3.05, 3.63) is 107 Å². The highest BCUT2D eigenvalue weighted by molar-refractivity contribution is 7.22. The van der Waals surface area contributed by atoms with Gasteiger partial charge in [-0.1, -0.05) is 65.9 Å². The van der Waals surface area contributed by atoms with Crippen LogP contribution in [-0.2, 0) is 4.79 Å². The minimum absolute atomic E-state index is 0.0209. The average molecular weight is 481 g/mol. The number of benzene rings is 3. The van der Waals surface area contributed by atoms with E-state index < -0.39 is 23.5 Å². The van der Waals surface area contributed by atoms with Crippen LogP contribution in [-0.4, -0.2) is 21.8 Å². The highest BCUT2D eigenvalue weighted by Crippen LogP contribution is 2.44. The molecule has 1 atom stereocenters. The summed E-state index contributed by atoms with van der Waals surface area (Å²) in [5.41, 5.74) is 4.13. The standard InChI is InChI=1S/C28H20N2O4S/c1-15-12-16(2)23-21(13-15)35-28(29-23)30-24(17-8-4-3-5-9-17)22(26(32)27(30)33)25(31)20-14-18-10-6-7-11-19(18)34-20/h3-14,24,32H,1-2H3/t24-/m0/s1. The van der Waals surface area contributed by atoms with Gasteiger partial charge in [-0.15, -0.1) is 0 Å². The van der Waals surface area contributed by atoms with Crippen LogP contribution in [0.15, 0.2) is 88.5 Å². The number of hydrogen-bond donors (Lipinski definition) is 1. The first kappa shape index (κ1) is 21.3. The monoisotopic (exact) mass is 480 g/mol. The second-order valence-corrected chi connectivity index (χ2v) is 9.66. The van der Waals surface area contributed by atoms with E-state index in [-0.39, 0.29) is 11.3 Å². The molecule has 0 radical (unpaired) electrons. The van der Waals surface area contributed by atoms with Crippen molar-refractivity contribution in [2.45, 2.75) is 19.9 Å². The number of ketones is 1. The molecule has 35 heavy (non-hydrogen) atoms. The number of aliphatic hydroxyl groups is 1. The molecule has 0 aliphatic carbocycles. The summed E-state index contributed by atoms with van der Waals surface area (Å²) in [5.74, 6) is -1.71. The van der Waals surface area contributed by atoms with Gasteiger partial charge in [-0.25, -0.2) is 4.98 Å². The Morgan fingerprint density at radius 3 is 2.54 bits per heavy atom. The Hall–Kier alpha value is -4.23. The van der Waals surface area contributed by atoms with Crippen molar-refractivity contribution in [2.75, 3.05) is 4.90 Å². The lowest BCUT2D eigenvalue weighted by Gasteiger charge is -2.24. The predicted octanol–water partition coefficient (Wildman–Crippen LogP) is 6.44. The van der Waals surface area contributed by atoms with Gasteiger partial charge in [-0.3, -0.25) is 14.5 Å². The van der Waals surface area contributed by atoms with E-state index in [1.165, 1.54) is 16.2 Å². The first-order valence-electron chi connectivity index (χ1n) is 11.1. The van der Waals surface area contributed by atoms with Crippen LogP contribution in [0.25, 0.3) is 21.2 Å². The third-order valence-corrected chi connectivity index (χ3v) is 7.24. The molecule has 0 fully saturated rings. The predicted molar refractivity (Wildman–Crippen MR) is 136 cm³/mol. The molecule has 0 unspecified atom stereocenters. The Balaban J connectivity index is 1.52. The Morgan fingerprint density at radius 1 is 1.03 bits per heavy atom. The molecule has 172 valence electrons. The van der Waals surface area contributed by atoms with E-state index in [4.69, 9.17) is 9.40 Å². The fraction of sp³-hybridized carbons (Fsp3) is 0.107. The summed E-state index contributed by atoms with van der Waals surface area (Å²) in [7, 11) is 0. The SMILES string of the molecule is Cc1cc(C)c2nc(N3C(=O)C(O)=C(C(=O)c4cc5ccccc5o4)[C@@H]3c3ccccc3)sc2c1. The number of anilines is 1. The molecule has 6 rings (SSSR count). The van der Waals surface area contributed by atoms with Gasteiger partial charge in [0.1, 0.15) is 5.58 Å². The average Bonchev–Trinajstić information content (AvgIpc) is 3.54. The van der Waals surface area contributed by atoms with Crippen LogP contribution in [0.1, 0.15) is 33.3 Å². The van der Waals surface area contributed by atoms with Crippen molar-refractivity contribution in [2.24, 2.45) is 0 Å². The number of aromatic nitrogens is 1. The highest BCUT2D eigenvalue weighted by atomic mass is 32.1. The minimum atomic E-state index is -0.841. The molecule has 3 aromatic carbocycles. The van der Waals surface area contributed by atoms with Crippen LogP contribution >= 0.6 is 11.3 Å². The Bertz CT molecular complexity index is 1650. The van der Waals surface area contributed by atoms with Crippen LogP contribution in [0.4, 0.5) is 5.13 Å². The molecule has 1 aliphatic heterocycles. The first-order chi connectivity index (χ1) is 16.9. The number of Topliss-reactive ketones (excluding diaryl/α,β-unsaturated/α-hetero) is 1. The van der Waals surface area contributed by atoms with E-state index in [1.54, 1.807) is 12.1 Å². The Morgan fingerprint density at radius 2 is 1.77 bits per heavy atom. The zero-order chi connectivity index (χ0) is 24.3. The first-order valence-corrected chi connectivity index (χ1v) is 12.0. The van der Waals surface area contributed by atoms with Gasteiger partial charge in [0.2, 0.25) is 5.78 Å². The summed E-state index contributed by atoms with van der Waals surface area (Å²) in [5, 5.41) is 12.2. The third kappa shape index (κ3) is 3.35. The van der Waals surface area contributed by atoms with Crippen LogP contribution in [0.3, 0.4) is 0 Å². The van der Waals surface area contributed by atoms with Gasteiger partial charge < -0.3 is 9.52 Å². The van der Waals surface area contributed by atoms with Crippen molar-refractivity contribution < 1.29 is 19.1 Å². The van der Waals surface area contributed by atoms with Crippen molar-refractivity contribution in [3.63, 3.8) is 0 Å². The molecule has 6 nitrogen and oxygen atoms in total. The maximum absolute atomic E-state index is 13.7. The fourth-order valence-corrected chi connectivity index (χ4v) is 5.84. The Labute approximate surface area is 204 Å². The number of hydrogen-bond acceptors (Lipinski definition) is 6. The maximum atomic E-state index is 13.7. The molecule has 0 spiro atoms. The molecular weight excluding hydrogens is 460 g/mol. The zero-order valence-corrected chi connectivity index (χ0v) is 19.8. The van der Waals surface area contributed by atoms with Crippen LogP contribution in [0.2, 0.25) is 0 Å². The van der Waals surface area contributed by atoms with E-state index >= 15 is 0 Å². The third-order valence-electron chi connectivity index (χ3n) is 6.24. The van der Waals surface area contributed by atoms with E-state index in [0.717, 1.165) is 26.7 Å². The molecule has 2 aromatic heterocycles. The van der Waals surface area contributed by atoms with Gasteiger partial charge in [-0.05, 0) is 48.7 Å². The normalized spacial score (nSPS) is 16.1. The minimum Gasteiger partial charge on any atom is -0.503 e. The Kier molecular flexibility index (Phi) is 4.82. The zero-order valence-electron chi connectivity index (χ0n) is 19.0. The number of carbonyl (C=O) groups is 2. The van der Waals surface area contributed by atoms with Gasteiger partial charge >= 0.3 is 0 Å². The number of aliphatic hydroxyl groups excluding tert-OH is 1. The van der Waals surface area contributed by atoms with Crippen LogP contribution < -0.4 is 4.90 Å². The molecular formula is C28H20N2O4S. The number of furan rings is 1. The maximum Gasteiger partial charge on any atom is 0.296 e. The second-order valence-electron chi connectivity index (χ2n) is 8.65. The number of rotatable bonds is 4. The van der Waals surface area contributed by atoms with Crippen molar-refractivity contribution in [1.82, 2.24) is 4.98 Å². The lowest BCUT2D eigenvalue weighted by molar-refractivity contribution is -0.117. The summed E-state index contributed by atoms with van der Waals surface area (Å²) in [6.45, 7) is 3.99. The molecule has 1 N–H and O–H groups in total. The molecule has 1 amide bonds. The van der Waals surface area contributed by atoms with E-state index in [0.29, 0.717) is 16.3 Å². The fourth-order valence-electron chi connectivity index (χ4n) is 4.67. The van der Waals surface area contributed by atoms with Gasteiger partial charge in [0, 0.05) is 5.39 Å². The summed E-state index contributed by atoms with van der Waals surface area (Å²) in [6.07, 6.45) is 0. The number of aryl methyl sites for hydroxylation is 2. The van der Waals surface area contributed by atoms with E-state index in [2.05, 4.69) is 0 Å². The number of nitrogens with zero attached hydrogens (tertiary/aromatic N) is 2. The quantitative estimate of drug-likeness (QED) is 0.299. The van der Waals surface area contributed by atoms with E-state index in [9.17, 15) is 14.7 Å². The van der Waals surface area contributed by atoms with Gasteiger partial charge in [0.15, 0.2) is 16.7 Å². The van der Waals surface area contributed by atoms with Crippen LogP contribution in [0.5, 0.6) is 0 Å². The van der Waals surface area contributed by atoms with Crippen molar-refractivity contribution >= 4 is 49.3 Å². The lowest BCUT2D eigenvalue weighted by Crippen LogP contribution is -2.30. The molecule has 3 heterocycles.